The van der Waals surface area contributed by atoms with Crippen molar-refractivity contribution in [2.45, 2.75) is 38.1 Å². The molecule has 0 spiro atoms. The molecule has 1 fully saturated rings. The van der Waals surface area contributed by atoms with Crippen molar-refractivity contribution < 1.29 is 32.5 Å². The van der Waals surface area contributed by atoms with Crippen LogP contribution in [0.3, 0.4) is 0 Å². The lowest BCUT2D eigenvalue weighted by atomic mass is 10.1. The van der Waals surface area contributed by atoms with Crippen LogP contribution in [0.25, 0.3) is 0 Å². The monoisotopic (exact) mass is 285 g/mol. The third-order valence-corrected chi connectivity index (χ3v) is 2.48. The summed E-state index contributed by atoms with van der Waals surface area (Å²) >= 11 is 0. The second-order valence-electron chi connectivity index (χ2n) is 5.48. The van der Waals surface area contributed by atoms with Gasteiger partial charge in [-0.05, 0) is 20.8 Å². The van der Waals surface area contributed by atoms with Gasteiger partial charge in [-0.2, -0.15) is 13.2 Å². The van der Waals surface area contributed by atoms with Crippen LogP contribution in [0.4, 0.5) is 18.0 Å². The zero-order valence-electron chi connectivity index (χ0n) is 11.1. The van der Waals surface area contributed by atoms with Crippen LogP contribution >= 0.6 is 0 Å². The van der Waals surface area contributed by atoms with Crippen LogP contribution in [-0.2, 0) is 9.47 Å². The van der Waals surface area contributed by atoms with Gasteiger partial charge in [0.15, 0.2) is 0 Å². The minimum absolute atomic E-state index is 0.0622. The fourth-order valence-electron chi connectivity index (χ4n) is 1.51. The van der Waals surface area contributed by atoms with Crippen LogP contribution in [0, 0.1) is 0 Å². The van der Waals surface area contributed by atoms with E-state index in [-0.39, 0.29) is 13.2 Å². The molecule has 0 saturated carbocycles. The predicted molar refractivity (Wildman–Crippen MR) is 59.6 cm³/mol. The highest BCUT2D eigenvalue weighted by atomic mass is 19.4. The van der Waals surface area contributed by atoms with Gasteiger partial charge < -0.3 is 19.5 Å². The summed E-state index contributed by atoms with van der Waals surface area (Å²) in [6.07, 6.45) is -5.78. The summed E-state index contributed by atoms with van der Waals surface area (Å²) in [4.78, 5) is 12.6. The summed E-state index contributed by atoms with van der Waals surface area (Å²) in [5.41, 5.74) is -3.89. The molecular formula is C11H18F3NO4. The molecule has 0 bridgehead atoms. The molecule has 0 radical (unpaired) electrons. The highest BCUT2D eigenvalue weighted by molar-refractivity contribution is 5.68. The van der Waals surface area contributed by atoms with Crippen molar-refractivity contribution in [3.8, 4) is 0 Å². The molecule has 0 aliphatic carbocycles. The molecule has 1 aliphatic rings. The number of hydrogen-bond donors (Lipinski definition) is 1. The number of aliphatic hydroxyl groups is 1. The van der Waals surface area contributed by atoms with E-state index in [0.717, 1.165) is 4.90 Å². The van der Waals surface area contributed by atoms with E-state index >= 15 is 0 Å². The molecule has 112 valence electrons. The molecular weight excluding hydrogens is 267 g/mol. The standard InChI is InChI=1S/C11H18F3NO4/c1-9(2,3)19-8(16)15-4-5-18-7-10(17,6-15)11(12,13)14/h17H,4-7H2,1-3H3/t10-/m0/s1. The van der Waals surface area contributed by atoms with E-state index in [1.807, 2.05) is 0 Å². The Labute approximate surface area is 109 Å². The lowest BCUT2D eigenvalue weighted by Crippen LogP contribution is -2.56. The number of nitrogens with zero attached hydrogens (tertiary/aromatic N) is 1. The van der Waals surface area contributed by atoms with Crippen LogP contribution < -0.4 is 0 Å². The fraction of sp³-hybridized carbons (Fsp3) is 0.909. The number of alkyl halides is 3. The van der Waals surface area contributed by atoms with E-state index in [1.165, 1.54) is 0 Å². The predicted octanol–water partition coefficient (Wildman–Crippen LogP) is 1.55. The van der Waals surface area contributed by atoms with Gasteiger partial charge in [0, 0.05) is 6.54 Å². The van der Waals surface area contributed by atoms with Gasteiger partial charge in [-0.1, -0.05) is 0 Å². The highest BCUT2D eigenvalue weighted by Gasteiger charge is 2.56. The molecule has 0 unspecified atom stereocenters. The molecule has 0 aromatic heterocycles. The van der Waals surface area contributed by atoms with Crippen molar-refractivity contribution >= 4 is 6.09 Å². The molecule has 0 aromatic rings. The van der Waals surface area contributed by atoms with E-state index < -0.39 is 36.6 Å². The van der Waals surface area contributed by atoms with Crippen molar-refractivity contribution in [3.05, 3.63) is 0 Å². The average Bonchev–Trinajstić information content (AvgIpc) is 2.37. The molecule has 1 amide bonds. The highest BCUT2D eigenvalue weighted by Crippen LogP contribution is 2.32. The summed E-state index contributed by atoms with van der Waals surface area (Å²) < 4.78 is 48.0. The first kappa shape index (κ1) is 16.0. The third-order valence-electron chi connectivity index (χ3n) is 2.48. The molecule has 1 aliphatic heterocycles. The first-order valence-corrected chi connectivity index (χ1v) is 5.79. The van der Waals surface area contributed by atoms with Gasteiger partial charge in [-0.15, -0.1) is 0 Å². The quantitative estimate of drug-likeness (QED) is 0.733. The molecule has 19 heavy (non-hydrogen) atoms. The molecule has 1 saturated heterocycles. The van der Waals surface area contributed by atoms with Crippen molar-refractivity contribution in [1.82, 2.24) is 4.90 Å². The summed E-state index contributed by atoms with van der Waals surface area (Å²) in [6, 6.07) is 0. The minimum atomic E-state index is -4.88. The first-order chi connectivity index (χ1) is 8.45. The SMILES string of the molecule is CC(C)(C)OC(=O)N1CCOC[C@](O)(C(F)(F)F)C1. The maximum Gasteiger partial charge on any atom is 0.421 e. The Bertz CT molecular complexity index is 340. The van der Waals surface area contributed by atoms with Crippen molar-refractivity contribution in [2.24, 2.45) is 0 Å². The Hall–Kier alpha value is -1.02. The molecule has 1 rings (SSSR count). The number of β-amino-alcohol motifs (C(OH)–C–C–N with tert-alkyl or cyclic N) is 1. The van der Waals surface area contributed by atoms with E-state index in [2.05, 4.69) is 0 Å². The second-order valence-corrected chi connectivity index (χ2v) is 5.48. The maximum atomic E-state index is 12.8. The molecule has 0 aromatic carbocycles. The third kappa shape index (κ3) is 4.24. The van der Waals surface area contributed by atoms with Gasteiger partial charge in [0.2, 0.25) is 5.60 Å². The fourth-order valence-corrected chi connectivity index (χ4v) is 1.51. The Balaban J connectivity index is 2.82. The van der Waals surface area contributed by atoms with E-state index in [4.69, 9.17) is 9.47 Å². The van der Waals surface area contributed by atoms with Crippen LogP contribution in [0.5, 0.6) is 0 Å². The Morgan fingerprint density at radius 1 is 1.37 bits per heavy atom. The minimum Gasteiger partial charge on any atom is -0.444 e. The van der Waals surface area contributed by atoms with E-state index in [9.17, 15) is 23.1 Å². The Morgan fingerprint density at radius 2 is 1.95 bits per heavy atom. The molecule has 8 heteroatoms. The summed E-state index contributed by atoms with van der Waals surface area (Å²) in [6.45, 7) is 2.88. The van der Waals surface area contributed by atoms with Crippen LogP contribution in [-0.4, -0.2) is 59.8 Å². The Kier molecular flexibility index (Phi) is 4.36. The van der Waals surface area contributed by atoms with Gasteiger partial charge in [0.1, 0.15) is 5.60 Å². The normalized spacial score (nSPS) is 25.9. The number of amides is 1. The van der Waals surface area contributed by atoms with Gasteiger partial charge in [-0.3, -0.25) is 0 Å². The van der Waals surface area contributed by atoms with Crippen LogP contribution in [0.1, 0.15) is 20.8 Å². The summed E-state index contributed by atoms with van der Waals surface area (Å²) in [5, 5.41) is 9.61. The average molecular weight is 285 g/mol. The molecule has 5 nitrogen and oxygen atoms in total. The van der Waals surface area contributed by atoms with E-state index in [0.29, 0.717) is 0 Å². The Morgan fingerprint density at radius 3 is 2.42 bits per heavy atom. The number of carbonyl (C=O) groups is 1. The lowest BCUT2D eigenvalue weighted by molar-refractivity contribution is -0.272. The number of carbonyl (C=O) groups excluding carboxylic acids is 1. The van der Waals surface area contributed by atoms with Gasteiger partial charge in [0.05, 0.1) is 19.8 Å². The summed E-state index contributed by atoms with van der Waals surface area (Å²) in [7, 11) is 0. The maximum absolute atomic E-state index is 12.8. The van der Waals surface area contributed by atoms with Crippen LogP contribution in [0.2, 0.25) is 0 Å². The first-order valence-electron chi connectivity index (χ1n) is 5.79. The number of hydrogen-bond acceptors (Lipinski definition) is 4. The largest absolute Gasteiger partial charge is 0.444 e. The summed E-state index contributed by atoms with van der Waals surface area (Å²) in [5.74, 6) is 0. The van der Waals surface area contributed by atoms with Gasteiger partial charge in [-0.25, -0.2) is 4.79 Å². The zero-order chi connectivity index (χ0) is 14.9. The van der Waals surface area contributed by atoms with Gasteiger partial charge in [0.25, 0.3) is 0 Å². The molecule has 1 N–H and O–H groups in total. The van der Waals surface area contributed by atoms with Crippen molar-refractivity contribution in [1.29, 1.82) is 0 Å². The number of ether oxygens (including phenoxy) is 2. The van der Waals surface area contributed by atoms with E-state index in [1.54, 1.807) is 20.8 Å². The van der Waals surface area contributed by atoms with Crippen LogP contribution in [0.15, 0.2) is 0 Å². The lowest BCUT2D eigenvalue weighted by Gasteiger charge is -2.33. The molecule has 1 atom stereocenters. The van der Waals surface area contributed by atoms with Gasteiger partial charge >= 0.3 is 12.3 Å². The number of rotatable bonds is 0. The topological polar surface area (TPSA) is 59.0 Å². The second kappa shape index (κ2) is 5.16. The smallest absolute Gasteiger partial charge is 0.421 e. The zero-order valence-corrected chi connectivity index (χ0v) is 11.1. The van der Waals surface area contributed by atoms with Crippen molar-refractivity contribution in [2.75, 3.05) is 26.3 Å². The number of halogens is 3. The molecule has 1 heterocycles. The van der Waals surface area contributed by atoms with Crippen molar-refractivity contribution in [3.63, 3.8) is 0 Å².